The van der Waals surface area contributed by atoms with E-state index >= 15 is 0 Å². The van der Waals surface area contributed by atoms with Crippen molar-refractivity contribution in [3.8, 4) is 5.75 Å². The Hall–Kier alpha value is -3.16. The van der Waals surface area contributed by atoms with Gasteiger partial charge in [0.1, 0.15) is 12.4 Å². The highest BCUT2D eigenvalue weighted by Gasteiger charge is 2.43. The molecule has 2 aromatic rings. The van der Waals surface area contributed by atoms with E-state index in [1.165, 1.54) is 5.56 Å². The van der Waals surface area contributed by atoms with Crippen molar-refractivity contribution in [1.82, 2.24) is 15.1 Å². The van der Waals surface area contributed by atoms with E-state index in [1.807, 2.05) is 29.2 Å². The number of likely N-dealkylation sites (tertiary alicyclic amines) is 1. The molecular weight excluding hydrogens is 478 g/mol. The lowest BCUT2D eigenvalue weighted by molar-refractivity contribution is -0.162. The van der Waals surface area contributed by atoms with Gasteiger partial charge in [0.25, 0.3) is 5.91 Å². The Morgan fingerprint density at radius 3 is 2.61 bits per heavy atom. The SMILES string of the molecule is O=C(CN1CCOC2(C/C=C/Cc3ccccc3OCCNC2=O)C1)N1CCC(Cc2ccccc2)CC1. The van der Waals surface area contributed by atoms with Gasteiger partial charge in [0.15, 0.2) is 5.60 Å². The number of hydrogen-bond donors (Lipinski definition) is 1. The van der Waals surface area contributed by atoms with Crippen molar-refractivity contribution in [2.45, 2.75) is 37.7 Å². The molecule has 1 spiro atoms. The molecule has 3 heterocycles. The van der Waals surface area contributed by atoms with Crippen LogP contribution >= 0.6 is 0 Å². The summed E-state index contributed by atoms with van der Waals surface area (Å²) in [6, 6.07) is 18.6. The van der Waals surface area contributed by atoms with Crippen LogP contribution in [0.4, 0.5) is 0 Å². The number of nitrogens with zero attached hydrogens (tertiary/aromatic N) is 2. The molecule has 2 aromatic carbocycles. The Kier molecular flexibility index (Phi) is 8.76. The summed E-state index contributed by atoms with van der Waals surface area (Å²) in [6.45, 7) is 4.19. The summed E-state index contributed by atoms with van der Waals surface area (Å²) in [6.07, 6.45) is 8.45. The van der Waals surface area contributed by atoms with Crippen LogP contribution in [0, 0.1) is 5.92 Å². The second kappa shape index (κ2) is 12.6. The molecule has 0 aliphatic carbocycles. The average molecular weight is 518 g/mol. The Morgan fingerprint density at radius 1 is 0.974 bits per heavy atom. The molecule has 38 heavy (non-hydrogen) atoms. The van der Waals surface area contributed by atoms with E-state index in [-0.39, 0.29) is 11.8 Å². The van der Waals surface area contributed by atoms with Gasteiger partial charge >= 0.3 is 0 Å². The highest BCUT2D eigenvalue weighted by molar-refractivity contribution is 5.86. The number of benzene rings is 2. The number of ether oxygens (including phenoxy) is 2. The van der Waals surface area contributed by atoms with Gasteiger partial charge in [-0.1, -0.05) is 60.7 Å². The zero-order valence-corrected chi connectivity index (χ0v) is 22.1. The smallest absolute Gasteiger partial charge is 0.254 e. The summed E-state index contributed by atoms with van der Waals surface area (Å²) in [7, 11) is 0. The van der Waals surface area contributed by atoms with Crippen molar-refractivity contribution >= 4 is 11.8 Å². The Bertz CT molecular complexity index is 1110. The molecule has 1 unspecified atom stereocenters. The quantitative estimate of drug-likeness (QED) is 0.631. The average Bonchev–Trinajstić information content (AvgIpc) is 2.94. The van der Waals surface area contributed by atoms with Gasteiger partial charge in [-0.15, -0.1) is 0 Å². The first kappa shape index (κ1) is 26.4. The first-order valence-corrected chi connectivity index (χ1v) is 13.9. The monoisotopic (exact) mass is 517 g/mol. The highest BCUT2D eigenvalue weighted by Crippen LogP contribution is 2.26. The molecule has 2 amide bonds. The second-order valence-electron chi connectivity index (χ2n) is 10.7. The topological polar surface area (TPSA) is 71.1 Å². The maximum Gasteiger partial charge on any atom is 0.254 e. The lowest BCUT2D eigenvalue weighted by atomic mass is 9.90. The van der Waals surface area contributed by atoms with Crippen LogP contribution in [0.15, 0.2) is 66.7 Å². The van der Waals surface area contributed by atoms with Gasteiger partial charge < -0.3 is 19.7 Å². The van der Waals surface area contributed by atoms with Crippen LogP contribution < -0.4 is 10.1 Å². The number of hydrogen-bond acceptors (Lipinski definition) is 5. The number of morpholine rings is 1. The molecule has 0 bridgehead atoms. The standard InChI is InChI=1S/C31H39N3O4/c35-29(34-17-13-26(14-18-34)22-25-8-2-1-3-9-25)23-33-19-21-38-31(24-33)15-7-6-11-27-10-4-5-12-28(27)37-20-16-32-30(31)36/h1-10,12,26H,11,13-24H2,(H,32,36)/b7-6+. The summed E-state index contributed by atoms with van der Waals surface area (Å²) in [5, 5.41) is 3.01. The maximum atomic E-state index is 13.3. The minimum Gasteiger partial charge on any atom is -0.491 e. The fourth-order valence-corrected chi connectivity index (χ4v) is 5.75. The Labute approximate surface area is 225 Å². The summed E-state index contributed by atoms with van der Waals surface area (Å²) >= 11 is 0. The van der Waals surface area contributed by atoms with Crippen LogP contribution in [0.2, 0.25) is 0 Å². The van der Waals surface area contributed by atoms with E-state index in [2.05, 4.69) is 52.7 Å². The van der Waals surface area contributed by atoms with Crippen molar-refractivity contribution in [3.63, 3.8) is 0 Å². The van der Waals surface area contributed by atoms with Crippen molar-refractivity contribution in [3.05, 3.63) is 77.9 Å². The number of carbonyl (C=O) groups is 2. The molecule has 2 saturated heterocycles. The first-order chi connectivity index (χ1) is 18.6. The van der Waals surface area contributed by atoms with Crippen molar-refractivity contribution in [2.24, 2.45) is 5.92 Å². The number of piperidine rings is 1. The van der Waals surface area contributed by atoms with E-state index < -0.39 is 5.60 Å². The molecule has 7 heteroatoms. The number of amides is 2. The summed E-state index contributed by atoms with van der Waals surface area (Å²) in [5.41, 5.74) is 1.49. The fourth-order valence-electron chi connectivity index (χ4n) is 5.75. The second-order valence-corrected chi connectivity index (χ2v) is 10.7. The third kappa shape index (κ3) is 6.63. The lowest BCUT2D eigenvalue weighted by Crippen LogP contribution is -2.61. The maximum absolute atomic E-state index is 13.3. The molecular formula is C31H39N3O4. The van der Waals surface area contributed by atoms with Crippen LogP contribution in [-0.4, -0.2) is 79.7 Å². The minimum atomic E-state index is -1.00. The van der Waals surface area contributed by atoms with Crippen molar-refractivity contribution in [2.75, 3.05) is 52.5 Å². The van der Waals surface area contributed by atoms with E-state index in [0.717, 1.165) is 50.1 Å². The highest BCUT2D eigenvalue weighted by atomic mass is 16.5. The van der Waals surface area contributed by atoms with Crippen LogP contribution in [-0.2, 0) is 27.2 Å². The van der Waals surface area contributed by atoms with Crippen molar-refractivity contribution in [1.29, 1.82) is 0 Å². The Balaban J connectivity index is 1.17. The number of fused-ring (bicyclic) bond motifs is 1. The molecule has 7 nitrogen and oxygen atoms in total. The molecule has 3 aliphatic rings. The summed E-state index contributed by atoms with van der Waals surface area (Å²) < 4.78 is 12.1. The minimum absolute atomic E-state index is 0.140. The molecule has 0 aromatic heterocycles. The molecule has 202 valence electrons. The molecule has 3 aliphatic heterocycles. The fraction of sp³-hybridized carbons (Fsp3) is 0.484. The predicted molar refractivity (Wildman–Crippen MR) is 147 cm³/mol. The number of para-hydroxylation sites is 1. The normalized spacial score (nSPS) is 24.4. The van der Waals surface area contributed by atoms with Crippen molar-refractivity contribution < 1.29 is 19.1 Å². The van der Waals surface area contributed by atoms with Gasteiger partial charge in [0.2, 0.25) is 5.91 Å². The van der Waals surface area contributed by atoms with E-state index in [1.54, 1.807) is 0 Å². The summed E-state index contributed by atoms with van der Waals surface area (Å²) in [4.78, 5) is 30.6. The number of rotatable bonds is 4. The molecule has 1 atom stereocenters. The van der Waals surface area contributed by atoms with Gasteiger partial charge in [-0.3, -0.25) is 14.5 Å². The molecule has 1 N–H and O–H groups in total. The van der Waals surface area contributed by atoms with E-state index in [0.29, 0.717) is 51.7 Å². The van der Waals surface area contributed by atoms with Gasteiger partial charge in [0, 0.05) is 32.6 Å². The summed E-state index contributed by atoms with van der Waals surface area (Å²) in [5.74, 6) is 1.48. The van der Waals surface area contributed by atoms with E-state index in [4.69, 9.17) is 9.47 Å². The lowest BCUT2D eigenvalue weighted by Gasteiger charge is -2.42. The van der Waals surface area contributed by atoms with Crippen LogP contribution in [0.1, 0.15) is 30.4 Å². The van der Waals surface area contributed by atoms with Crippen LogP contribution in [0.25, 0.3) is 0 Å². The van der Waals surface area contributed by atoms with Crippen LogP contribution in [0.5, 0.6) is 5.75 Å². The van der Waals surface area contributed by atoms with Gasteiger partial charge in [-0.2, -0.15) is 0 Å². The third-order valence-corrected chi connectivity index (χ3v) is 7.94. The van der Waals surface area contributed by atoms with Gasteiger partial charge in [-0.05, 0) is 48.8 Å². The number of carbonyl (C=O) groups excluding carboxylic acids is 2. The molecule has 0 saturated carbocycles. The number of nitrogens with one attached hydrogen (secondary N) is 1. The largest absolute Gasteiger partial charge is 0.491 e. The van der Waals surface area contributed by atoms with E-state index in [9.17, 15) is 9.59 Å². The number of allylic oxidation sites excluding steroid dienone is 1. The molecule has 5 rings (SSSR count). The first-order valence-electron chi connectivity index (χ1n) is 13.9. The van der Waals surface area contributed by atoms with Gasteiger partial charge in [0.05, 0.1) is 19.7 Å². The predicted octanol–water partition coefficient (Wildman–Crippen LogP) is 3.24. The van der Waals surface area contributed by atoms with Crippen LogP contribution in [0.3, 0.4) is 0 Å². The molecule has 0 radical (unpaired) electrons. The zero-order chi connectivity index (χ0) is 26.2. The Morgan fingerprint density at radius 2 is 1.76 bits per heavy atom. The van der Waals surface area contributed by atoms with Gasteiger partial charge in [-0.25, -0.2) is 0 Å². The zero-order valence-electron chi connectivity index (χ0n) is 22.1. The molecule has 2 fully saturated rings. The third-order valence-electron chi connectivity index (χ3n) is 7.94.